The zero-order valence-corrected chi connectivity index (χ0v) is 10.7. The van der Waals surface area contributed by atoms with E-state index in [4.69, 9.17) is 5.11 Å². The van der Waals surface area contributed by atoms with E-state index in [0.717, 1.165) is 0 Å². The quantitative estimate of drug-likeness (QED) is 0.755. The van der Waals surface area contributed by atoms with Gasteiger partial charge >= 0.3 is 5.97 Å². The first-order valence-corrected chi connectivity index (χ1v) is 5.96. The molecule has 2 atom stereocenters. The Morgan fingerprint density at radius 3 is 2.67 bits per heavy atom. The highest BCUT2D eigenvalue weighted by Gasteiger charge is 2.14. The third-order valence-electron chi connectivity index (χ3n) is 2.48. The molecule has 1 rings (SSSR count). The number of aromatic nitrogens is 2. The van der Waals surface area contributed by atoms with Gasteiger partial charge in [0.2, 0.25) is 5.91 Å². The van der Waals surface area contributed by atoms with Crippen molar-refractivity contribution < 1.29 is 14.7 Å². The monoisotopic (exact) mass is 253 g/mol. The summed E-state index contributed by atoms with van der Waals surface area (Å²) in [7, 11) is 0. The van der Waals surface area contributed by atoms with E-state index in [1.54, 1.807) is 17.8 Å². The summed E-state index contributed by atoms with van der Waals surface area (Å²) in [5.74, 6) is -1.15. The molecule has 1 aromatic rings. The van der Waals surface area contributed by atoms with Gasteiger partial charge in [0, 0.05) is 31.3 Å². The lowest BCUT2D eigenvalue weighted by atomic mass is 10.0. The lowest BCUT2D eigenvalue weighted by Crippen LogP contribution is -2.36. The average molecular weight is 253 g/mol. The topological polar surface area (TPSA) is 84.2 Å². The van der Waals surface area contributed by atoms with Crippen LogP contribution >= 0.6 is 0 Å². The van der Waals surface area contributed by atoms with Crippen LogP contribution in [0.15, 0.2) is 18.5 Å². The van der Waals surface area contributed by atoms with Gasteiger partial charge in [-0.15, -0.1) is 0 Å². The van der Waals surface area contributed by atoms with Gasteiger partial charge in [-0.05, 0) is 18.9 Å². The first-order chi connectivity index (χ1) is 8.47. The third-order valence-corrected chi connectivity index (χ3v) is 2.48. The van der Waals surface area contributed by atoms with Gasteiger partial charge in [-0.3, -0.25) is 14.3 Å². The number of carbonyl (C=O) groups is 2. The molecule has 1 aromatic heterocycles. The van der Waals surface area contributed by atoms with Gasteiger partial charge in [0.15, 0.2) is 0 Å². The molecule has 2 N–H and O–H groups in total. The largest absolute Gasteiger partial charge is 0.481 e. The first kappa shape index (κ1) is 14.2. The number of hydrogen-bond acceptors (Lipinski definition) is 3. The van der Waals surface area contributed by atoms with E-state index in [2.05, 4.69) is 10.4 Å². The smallest absolute Gasteiger partial charge is 0.303 e. The molecule has 0 fully saturated rings. The van der Waals surface area contributed by atoms with Crippen molar-refractivity contribution >= 4 is 11.9 Å². The molecule has 0 aromatic carbocycles. The molecule has 1 amide bonds. The molecule has 1 heterocycles. The molecule has 0 spiro atoms. The van der Waals surface area contributed by atoms with E-state index in [1.165, 1.54) is 0 Å². The molecule has 0 saturated carbocycles. The number of carbonyl (C=O) groups excluding carboxylic acids is 1. The van der Waals surface area contributed by atoms with Crippen LogP contribution in [0.25, 0.3) is 0 Å². The first-order valence-electron chi connectivity index (χ1n) is 5.96. The van der Waals surface area contributed by atoms with Gasteiger partial charge in [-0.2, -0.15) is 5.10 Å². The average Bonchev–Trinajstić information content (AvgIpc) is 2.67. The fourth-order valence-corrected chi connectivity index (χ4v) is 1.76. The zero-order valence-electron chi connectivity index (χ0n) is 10.7. The Balaban J connectivity index is 2.29. The van der Waals surface area contributed by atoms with Crippen molar-refractivity contribution in [3.05, 3.63) is 18.5 Å². The summed E-state index contributed by atoms with van der Waals surface area (Å²) in [6, 6.07) is 1.79. The number of amides is 1. The van der Waals surface area contributed by atoms with Crippen molar-refractivity contribution in [3.8, 4) is 0 Å². The molecule has 0 aliphatic heterocycles. The van der Waals surface area contributed by atoms with Gasteiger partial charge in [-0.25, -0.2) is 0 Å². The van der Waals surface area contributed by atoms with E-state index in [9.17, 15) is 9.59 Å². The molecule has 0 radical (unpaired) electrons. The molecule has 0 saturated heterocycles. The molecule has 100 valence electrons. The standard InChI is InChI=1S/C12H19N3O3/c1-9(7-12(17)18)6-11(16)14-10(2)8-15-5-3-4-13-15/h3-5,9-10H,6-8H2,1-2H3,(H,14,16)(H,17,18). The van der Waals surface area contributed by atoms with Crippen molar-refractivity contribution in [3.63, 3.8) is 0 Å². The summed E-state index contributed by atoms with van der Waals surface area (Å²) < 4.78 is 1.74. The van der Waals surface area contributed by atoms with Crippen LogP contribution in [0, 0.1) is 5.92 Å². The highest BCUT2D eigenvalue weighted by Crippen LogP contribution is 2.07. The van der Waals surface area contributed by atoms with Gasteiger partial charge in [0.25, 0.3) is 0 Å². The minimum Gasteiger partial charge on any atom is -0.481 e. The maximum absolute atomic E-state index is 11.6. The number of carboxylic acids is 1. The molecular formula is C12H19N3O3. The van der Waals surface area contributed by atoms with Crippen LogP contribution in [0.2, 0.25) is 0 Å². The van der Waals surface area contributed by atoms with Crippen LogP contribution in [0.1, 0.15) is 26.7 Å². The Kier molecular flexibility index (Phi) is 5.35. The van der Waals surface area contributed by atoms with E-state index in [0.29, 0.717) is 6.54 Å². The van der Waals surface area contributed by atoms with Gasteiger partial charge in [0.05, 0.1) is 6.54 Å². The fourth-order valence-electron chi connectivity index (χ4n) is 1.76. The van der Waals surface area contributed by atoms with E-state index in [-0.39, 0.29) is 30.7 Å². The Labute approximate surface area is 106 Å². The fraction of sp³-hybridized carbons (Fsp3) is 0.583. The van der Waals surface area contributed by atoms with Crippen molar-refractivity contribution in [1.29, 1.82) is 0 Å². The number of nitrogens with one attached hydrogen (secondary N) is 1. The Morgan fingerprint density at radius 1 is 1.39 bits per heavy atom. The second-order valence-corrected chi connectivity index (χ2v) is 4.60. The van der Waals surface area contributed by atoms with Gasteiger partial charge in [0.1, 0.15) is 0 Å². The Morgan fingerprint density at radius 2 is 2.11 bits per heavy atom. The maximum atomic E-state index is 11.6. The number of nitrogens with zero attached hydrogens (tertiary/aromatic N) is 2. The molecule has 6 nitrogen and oxygen atoms in total. The molecule has 0 aliphatic rings. The van der Waals surface area contributed by atoms with Crippen LogP contribution in [0.5, 0.6) is 0 Å². The van der Waals surface area contributed by atoms with Crippen molar-refractivity contribution in [2.45, 2.75) is 39.3 Å². The van der Waals surface area contributed by atoms with Crippen molar-refractivity contribution in [1.82, 2.24) is 15.1 Å². The highest BCUT2D eigenvalue weighted by molar-refractivity contribution is 5.77. The predicted octanol–water partition coefficient (Wildman–Crippen LogP) is 0.889. The van der Waals surface area contributed by atoms with Crippen LogP contribution in [0.4, 0.5) is 0 Å². The summed E-state index contributed by atoms with van der Waals surface area (Å²) in [6.45, 7) is 4.25. The van der Waals surface area contributed by atoms with Gasteiger partial charge in [-0.1, -0.05) is 6.92 Å². The normalized spacial score (nSPS) is 13.9. The SMILES string of the molecule is CC(CC(=O)O)CC(=O)NC(C)Cn1cccn1. The number of hydrogen-bond donors (Lipinski definition) is 2. The maximum Gasteiger partial charge on any atom is 0.303 e. The van der Waals surface area contributed by atoms with Crippen LogP contribution in [-0.2, 0) is 16.1 Å². The number of carboxylic acid groups (broad SMARTS) is 1. The summed E-state index contributed by atoms with van der Waals surface area (Å²) in [5.41, 5.74) is 0. The highest BCUT2D eigenvalue weighted by atomic mass is 16.4. The van der Waals surface area contributed by atoms with E-state index >= 15 is 0 Å². The van der Waals surface area contributed by atoms with Crippen LogP contribution in [0.3, 0.4) is 0 Å². The lowest BCUT2D eigenvalue weighted by molar-refractivity contribution is -0.138. The van der Waals surface area contributed by atoms with Crippen LogP contribution in [-0.4, -0.2) is 32.8 Å². The lowest BCUT2D eigenvalue weighted by Gasteiger charge is -2.15. The summed E-state index contributed by atoms with van der Waals surface area (Å²) in [6.07, 6.45) is 3.76. The molecule has 6 heteroatoms. The third kappa shape index (κ3) is 5.47. The van der Waals surface area contributed by atoms with Crippen molar-refractivity contribution in [2.24, 2.45) is 5.92 Å². The summed E-state index contributed by atoms with van der Waals surface area (Å²) in [4.78, 5) is 22.1. The minimum absolute atomic E-state index is 0.0148. The number of aliphatic carboxylic acids is 1. The number of rotatable bonds is 7. The second kappa shape index (κ2) is 6.78. The molecule has 0 aliphatic carbocycles. The molecular weight excluding hydrogens is 234 g/mol. The summed E-state index contributed by atoms with van der Waals surface area (Å²) in [5, 5.41) is 15.5. The van der Waals surface area contributed by atoms with Crippen LogP contribution < -0.4 is 5.32 Å². The summed E-state index contributed by atoms with van der Waals surface area (Å²) >= 11 is 0. The molecule has 2 unspecified atom stereocenters. The molecule has 0 bridgehead atoms. The zero-order chi connectivity index (χ0) is 13.5. The van der Waals surface area contributed by atoms with Crippen molar-refractivity contribution in [2.75, 3.05) is 0 Å². The predicted molar refractivity (Wildman–Crippen MR) is 65.9 cm³/mol. The van der Waals surface area contributed by atoms with Gasteiger partial charge < -0.3 is 10.4 Å². The second-order valence-electron chi connectivity index (χ2n) is 4.60. The Hall–Kier alpha value is -1.85. The molecule has 18 heavy (non-hydrogen) atoms. The Bertz CT molecular complexity index is 389. The van der Waals surface area contributed by atoms with E-state index in [1.807, 2.05) is 19.2 Å². The van der Waals surface area contributed by atoms with E-state index < -0.39 is 5.97 Å². The minimum atomic E-state index is -0.875.